The average Bonchev–Trinajstić information content (AvgIpc) is 3.14. The van der Waals surface area contributed by atoms with E-state index in [2.05, 4.69) is 16.0 Å². The van der Waals surface area contributed by atoms with Crippen LogP contribution < -0.4 is 0 Å². The largest absolute Gasteiger partial charge is 0.270 e. The average molecular weight is 359 g/mol. The summed E-state index contributed by atoms with van der Waals surface area (Å²) < 4.78 is 2.92. The molecule has 0 amide bonds. The highest BCUT2D eigenvalue weighted by atomic mass is 32.2. The number of fused-ring (bicyclic) bond motifs is 2. The first kappa shape index (κ1) is 14.6. The minimum absolute atomic E-state index is 0.101. The Kier molecular flexibility index (Phi) is 3.72. The molecule has 2 aromatic heterocycles. The number of non-ortho nitro benzene ring substituents is 1. The van der Waals surface area contributed by atoms with E-state index in [9.17, 15) is 10.1 Å². The Bertz CT molecular complexity index is 992. The van der Waals surface area contributed by atoms with Gasteiger partial charge in [0, 0.05) is 12.1 Å². The molecule has 0 aliphatic heterocycles. The highest BCUT2D eigenvalue weighted by molar-refractivity contribution is 8.00. The lowest BCUT2D eigenvalue weighted by atomic mass is 10.3. The van der Waals surface area contributed by atoms with Gasteiger partial charge in [-0.15, -0.1) is 22.7 Å². The molecule has 0 saturated carbocycles. The lowest BCUT2D eigenvalue weighted by Gasteiger charge is -1.91. The molecule has 0 atom stereocenters. The number of rotatable bonds is 4. The zero-order chi connectivity index (χ0) is 15.8. The van der Waals surface area contributed by atoms with Crippen LogP contribution in [-0.2, 0) is 5.75 Å². The van der Waals surface area contributed by atoms with Crippen LogP contribution in [0.2, 0.25) is 0 Å². The fraction of sp³-hybridized carbons (Fsp3) is 0.0667. The van der Waals surface area contributed by atoms with Crippen molar-refractivity contribution in [2.24, 2.45) is 0 Å². The quantitative estimate of drug-likeness (QED) is 0.288. The van der Waals surface area contributed by atoms with E-state index in [4.69, 9.17) is 0 Å². The SMILES string of the molecule is O=[N+]([O-])c1ccc2nc(SCc3nc4ccccc4s3)sc2c1. The van der Waals surface area contributed by atoms with E-state index >= 15 is 0 Å². The predicted molar refractivity (Wildman–Crippen MR) is 95.5 cm³/mol. The van der Waals surface area contributed by atoms with E-state index in [0.29, 0.717) is 0 Å². The Labute approximate surface area is 143 Å². The summed E-state index contributed by atoms with van der Waals surface area (Å²) >= 11 is 4.78. The molecule has 8 heteroatoms. The molecular weight excluding hydrogens is 350 g/mol. The molecule has 0 radical (unpaired) electrons. The summed E-state index contributed by atoms with van der Waals surface area (Å²) in [6.07, 6.45) is 0. The molecule has 4 rings (SSSR count). The summed E-state index contributed by atoms with van der Waals surface area (Å²) in [5.41, 5.74) is 1.92. The molecule has 0 aliphatic rings. The Hall–Kier alpha value is -2.03. The normalized spacial score (nSPS) is 11.3. The number of nitrogens with zero attached hydrogens (tertiary/aromatic N) is 3. The van der Waals surface area contributed by atoms with Crippen LogP contribution in [0.1, 0.15) is 5.01 Å². The zero-order valence-corrected chi connectivity index (χ0v) is 14.1. The number of hydrogen-bond donors (Lipinski definition) is 0. The second-order valence-electron chi connectivity index (χ2n) is 4.75. The third-order valence-corrected chi connectivity index (χ3v) is 6.61. The molecule has 0 saturated heterocycles. The van der Waals surface area contributed by atoms with Gasteiger partial charge >= 0.3 is 0 Å². The molecule has 2 heterocycles. The Morgan fingerprint density at radius 2 is 1.87 bits per heavy atom. The molecule has 0 bridgehead atoms. The van der Waals surface area contributed by atoms with Crippen LogP contribution in [-0.4, -0.2) is 14.9 Å². The van der Waals surface area contributed by atoms with Crippen molar-refractivity contribution in [1.82, 2.24) is 9.97 Å². The van der Waals surface area contributed by atoms with Gasteiger partial charge in [-0.2, -0.15) is 0 Å². The number of para-hydroxylation sites is 1. The van der Waals surface area contributed by atoms with Crippen LogP contribution in [0.25, 0.3) is 20.4 Å². The van der Waals surface area contributed by atoms with Gasteiger partial charge in [0.1, 0.15) is 5.01 Å². The number of thiazole rings is 2. The van der Waals surface area contributed by atoms with Gasteiger partial charge in [0.15, 0.2) is 4.34 Å². The van der Waals surface area contributed by atoms with Crippen molar-refractivity contribution in [3.05, 3.63) is 57.6 Å². The summed E-state index contributed by atoms with van der Waals surface area (Å²) in [6, 6.07) is 12.8. The summed E-state index contributed by atoms with van der Waals surface area (Å²) in [7, 11) is 0. The van der Waals surface area contributed by atoms with Gasteiger partial charge in [-0.05, 0) is 18.2 Å². The summed E-state index contributed by atoms with van der Waals surface area (Å²) in [5.74, 6) is 0.751. The fourth-order valence-corrected chi connectivity index (χ4v) is 5.23. The summed E-state index contributed by atoms with van der Waals surface area (Å²) in [5, 5.41) is 11.9. The molecule has 0 aliphatic carbocycles. The first-order valence-electron chi connectivity index (χ1n) is 6.71. The van der Waals surface area contributed by atoms with Crippen molar-refractivity contribution in [2.75, 3.05) is 0 Å². The van der Waals surface area contributed by atoms with Gasteiger partial charge in [-0.1, -0.05) is 23.9 Å². The van der Waals surface area contributed by atoms with Gasteiger partial charge in [0.25, 0.3) is 5.69 Å². The second-order valence-corrected chi connectivity index (χ2v) is 8.12. The Morgan fingerprint density at radius 1 is 1.04 bits per heavy atom. The van der Waals surface area contributed by atoms with Gasteiger partial charge in [-0.3, -0.25) is 10.1 Å². The number of thioether (sulfide) groups is 1. The molecule has 0 spiro atoms. The molecule has 0 N–H and O–H groups in total. The van der Waals surface area contributed by atoms with E-state index < -0.39 is 0 Å². The Balaban J connectivity index is 1.56. The number of aromatic nitrogens is 2. The lowest BCUT2D eigenvalue weighted by molar-refractivity contribution is -0.384. The third kappa shape index (κ3) is 2.92. The first-order chi connectivity index (χ1) is 11.2. The van der Waals surface area contributed by atoms with Crippen LogP contribution in [0.3, 0.4) is 0 Å². The van der Waals surface area contributed by atoms with Gasteiger partial charge in [0.2, 0.25) is 0 Å². The van der Waals surface area contributed by atoms with Crippen LogP contribution >= 0.6 is 34.4 Å². The molecule has 23 heavy (non-hydrogen) atoms. The maximum absolute atomic E-state index is 10.8. The number of benzene rings is 2. The van der Waals surface area contributed by atoms with Gasteiger partial charge < -0.3 is 0 Å². The number of nitro benzene ring substituents is 1. The lowest BCUT2D eigenvalue weighted by Crippen LogP contribution is -1.85. The number of nitro groups is 1. The molecule has 0 unspecified atom stereocenters. The number of hydrogen-bond acceptors (Lipinski definition) is 7. The van der Waals surface area contributed by atoms with E-state index in [0.717, 1.165) is 30.8 Å². The van der Waals surface area contributed by atoms with Crippen molar-refractivity contribution in [2.45, 2.75) is 10.1 Å². The smallest absolute Gasteiger partial charge is 0.258 e. The third-order valence-electron chi connectivity index (χ3n) is 3.22. The molecule has 4 aromatic rings. The van der Waals surface area contributed by atoms with Crippen molar-refractivity contribution < 1.29 is 4.92 Å². The van der Waals surface area contributed by atoms with E-state index in [-0.39, 0.29) is 10.6 Å². The fourth-order valence-electron chi connectivity index (χ4n) is 2.17. The zero-order valence-electron chi connectivity index (χ0n) is 11.6. The van der Waals surface area contributed by atoms with E-state index in [1.165, 1.54) is 22.1 Å². The van der Waals surface area contributed by atoms with Crippen LogP contribution in [0, 0.1) is 10.1 Å². The second kappa shape index (κ2) is 5.88. The van der Waals surface area contributed by atoms with E-state index in [1.54, 1.807) is 35.2 Å². The van der Waals surface area contributed by atoms with E-state index in [1.807, 2.05) is 18.2 Å². The van der Waals surface area contributed by atoms with Crippen LogP contribution in [0.4, 0.5) is 5.69 Å². The molecule has 2 aromatic carbocycles. The van der Waals surface area contributed by atoms with Crippen molar-refractivity contribution in [1.29, 1.82) is 0 Å². The molecule has 5 nitrogen and oxygen atoms in total. The van der Waals surface area contributed by atoms with Crippen molar-refractivity contribution in [3.63, 3.8) is 0 Å². The predicted octanol–water partition coefficient (Wildman–Crippen LogP) is 5.11. The maximum Gasteiger partial charge on any atom is 0.270 e. The van der Waals surface area contributed by atoms with Crippen LogP contribution in [0.15, 0.2) is 46.8 Å². The molecule has 114 valence electrons. The van der Waals surface area contributed by atoms with Gasteiger partial charge in [-0.25, -0.2) is 9.97 Å². The summed E-state index contributed by atoms with van der Waals surface area (Å²) in [6.45, 7) is 0. The van der Waals surface area contributed by atoms with Crippen LogP contribution in [0.5, 0.6) is 0 Å². The monoisotopic (exact) mass is 359 g/mol. The first-order valence-corrected chi connectivity index (χ1v) is 9.33. The summed E-state index contributed by atoms with van der Waals surface area (Å²) in [4.78, 5) is 19.6. The highest BCUT2D eigenvalue weighted by Crippen LogP contribution is 2.34. The molecular formula is C15H9N3O2S3. The molecule has 0 fully saturated rings. The van der Waals surface area contributed by atoms with Crippen molar-refractivity contribution >= 4 is 60.6 Å². The minimum Gasteiger partial charge on any atom is -0.258 e. The van der Waals surface area contributed by atoms with Crippen molar-refractivity contribution in [3.8, 4) is 0 Å². The minimum atomic E-state index is -0.382. The van der Waals surface area contributed by atoms with Gasteiger partial charge in [0.05, 0.1) is 31.1 Å². The topological polar surface area (TPSA) is 68.9 Å². The highest BCUT2D eigenvalue weighted by Gasteiger charge is 2.11. The Morgan fingerprint density at radius 3 is 2.70 bits per heavy atom. The maximum atomic E-state index is 10.8. The standard InChI is InChI=1S/C15H9N3O2S3/c19-18(20)9-5-6-11-13(7-9)23-15(17-11)21-8-14-16-10-3-1-2-4-12(10)22-14/h1-7H,8H2.